The van der Waals surface area contributed by atoms with Crippen molar-refractivity contribution in [2.75, 3.05) is 16.0 Å². The van der Waals surface area contributed by atoms with Crippen LogP contribution in [0.5, 0.6) is 0 Å². The Hall–Kier alpha value is -1.08. The van der Waals surface area contributed by atoms with Crippen LogP contribution in [0.3, 0.4) is 0 Å². The lowest BCUT2D eigenvalue weighted by Gasteiger charge is -2.19. The zero-order valence-corrected chi connectivity index (χ0v) is 16.0. The second-order valence-corrected chi connectivity index (χ2v) is 7.54. The molecule has 0 heterocycles. The Labute approximate surface area is 147 Å². The van der Waals surface area contributed by atoms with Crippen molar-refractivity contribution in [3.63, 3.8) is 0 Å². The Bertz CT molecular complexity index is 513. The summed E-state index contributed by atoms with van der Waals surface area (Å²) in [5.41, 5.74) is 0.722. The number of rotatable bonds is 5. The van der Waals surface area contributed by atoms with Crippen molar-refractivity contribution in [2.45, 2.75) is 37.6 Å². The molecule has 1 aromatic rings. The summed E-state index contributed by atoms with van der Waals surface area (Å²) in [6.45, 7) is 5.40. The molecule has 0 radical (unpaired) electrons. The maximum absolute atomic E-state index is 11.9. The molecule has 1 atom stereocenters. The number of carbonyl (C=O) groups is 2. The highest BCUT2D eigenvalue weighted by Gasteiger charge is 2.16. The minimum atomic E-state index is -0.543. The van der Waals surface area contributed by atoms with Crippen LogP contribution in [0.2, 0.25) is 0 Å². The smallest absolute Gasteiger partial charge is 0.412 e. The zero-order chi connectivity index (χ0) is 16.8. The number of halogens is 2. The Balaban J connectivity index is 2.56. The van der Waals surface area contributed by atoms with Gasteiger partial charge in [-0.25, -0.2) is 4.79 Å². The number of ether oxygens (including phenoxy) is 1. The molecule has 0 fully saturated rings. The van der Waals surface area contributed by atoms with Crippen LogP contribution >= 0.6 is 31.9 Å². The largest absolute Gasteiger partial charge is 0.444 e. The van der Waals surface area contributed by atoms with Crippen molar-refractivity contribution < 1.29 is 14.3 Å². The average Bonchev–Trinajstić information content (AvgIpc) is 2.39. The van der Waals surface area contributed by atoms with E-state index in [4.69, 9.17) is 4.74 Å². The summed E-state index contributed by atoms with van der Waals surface area (Å²) in [4.78, 5) is 23.2. The van der Waals surface area contributed by atoms with Gasteiger partial charge in [0, 0.05) is 16.7 Å². The number of nitrogens with one attached hydrogen (secondary N) is 2. The van der Waals surface area contributed by atoms with Gasteiger partial charge in [0.1, 0.15) is 5.60 Å². The van der Waals surface area contributed by atoms with Gasteiger partial charge >= 0.3 is 6.09 Å². The molecule has 0 saturated carbocycles. The van der Waals surface area contributed by atoms with Gasteiger partial charge in [0.05, 0.1) is 4.83 Å². The molecule has 1 unspecified atom stereocenters. The lowest BCUT2D eigenvalue weighted by atomic mass is 10.2. The number of alkyl halides is 2. The summed E-state index contributed by atoms with van der Waals surface area (Å²) in [6, 6.07) is 6.84. The van der Waals surface area contributed by atoms with E-state index in [2.05, 4.69) is 42.5 Å². The zero-order valence-electron chi connectivity index (χ0n) is 12.8. The summed E-state index contributed by atoms with van der Waals surface area (Å²) in [5.74, 6) is -0.104. The van der Waals surface area contributed by atoms with Crippen LogP contribution in [-0.2, 0) is 9.53 Å². The van der Waals surface area contributed by atoms with Gasteiger partial charge in [0.15, 0.2) is 0 Å². The minimum absolute atomic E-state index is 0.104. The van der Waals surface area contributed by atoms with Gasteiger partial charge in [-0.15, -0.1) is 0 Å². The van der Waals surface area contributed by atoms with E-state index in [0.29, 0.717) is 17.8 Å². The van der Waals surface area contributed by atoms with E-state index in [1.54, 1.807) is 45.0 Å². The van der Waals surface area contributed by atoms with Crippen molar-refractivity contribution in [3.8, 4) is 0 Å². The van der Waals surface area contributed by atoms with Gasteiger partial charge in [0.2, 0.25) is 5.91 Å². The van der Waals surface area contributed by atoms with Gasteiger partial charge in [-0.1, -0.05) is 31.9 Å². The normalized spacial score (nSPS) is 12.4. The molecule has 0 spiro atoms. The monoisotopic (exact) mass is 434 g/mol. The summed E-state index contributed by atoms with van der Waals surface area (Å²) in [5, 5.41) is 6.17. The highest BCUT2D eigenvalue weighted by atomic mass is 79.9. The highest BCUT2D eigenvalue weighted by Crippen LogP contribution is 2.17. The fourth-order valence-corrected chi connectivity index (χ4v) is 2.92. The van der Waals surface area contributed by atoms with Crippen molar-refractivity contribution in [2.24, 2.45) is 0 Å². The van der Waals surface area contributed by atoms with Crippen LogP contribution in [0.25, 0.3) is 0 Å². The van der Waals surface area contributed by atoms with Crippen LogP contribution in [0.15, 0.2) is 24.3 Å². The number of benzene rings is 1. The van der Waals surface area contributed by atoms with E-state index in [9.17, 15) is 9.59 Å². The van der Waals surface area contributed by atoms with Crippen molar-refractivity contribution in [3.05, 3.63) is 24.3 Å². The second kappa shape index (κ2) is 8.53. The topological polar surface area (TPSA) is 67.4 Å². The quantitative estimate of drug-likeness (QED) is 0.668. The molecule has 0 aliphatic heterocycles. The lowest BCUT2D eigenvalue weighted by Crippen LogP contribution is -2.27. The third-order valence-corrected chi connectivity index (χ3v) is 3.78. The molecule has 1 rings (SSSR count). The molecule has 2 amide bonds. The summed E-state index contributed by atoms with van der Waals surface area (Å²) in [7, 11) is 0. The molecular weight excluding hydrogens is 416 g/mol. The van der Waals surface area contributed by atoms with Gasteiger partial charge in [-0.2, -0.15) is 0 Å². The molecular formula is C15H20Br2N2O3. The summed E-state index contributed by atoms with van der Waals surface area (Å²) in [6.07, 6.45) is 0.187. The first-order valence-corrected chi connectivity index (χ1v) is 8.86. The summed E-state index contributed by atoms with van der Waals surface area (Å²) < 4.78 is 5.16. The average molecular weight is 436 g/mol. The summed E-state index contributed by atoms with van der Waals surface area (Å²) >= 11 is 6.62. The number of hydrogen-bond acceptors (Lipinski definition) is 3. The Morgan fingerprint density at radius 3 is 2.09 bits per heavy atom. The first-order valence-electron chi connectivity index (χ1n) is 6.82. The fraction of sp³-hybridized carbons (Fsp3) is 0.467. The van der Waals surface area contributed by atoms with Gasteiger partial charge < -0.3 is 10.1 Å². The number of anilines is 2. The maximum atomic E-state index is 11.9. The fourth-order valence-electron chi connectivity index (χ4n) is 1.51. The third kappa shape index (κ3) is 7.26. The molecule has 0 aliphatic carbocycles. The molecule has 1 aromatic carbocycles. The lowest BCUT2D eigenvalue weighted by molar-refractivity contribution is -0.115. The predicted molar refractivity (Wildman–Crippen MR) is 96.1 cm³/mol. The van der Waals surface area contributed by atoms with E-state index >= 15 is 0 Å². The van der Waals surface area contributed by atoms with Crippen molar-refractivity contribution in [1.29, 1.82) is 0 Å². The first kappa shape index (κ1) is 19.0. The van der Waals surface area contributed by atoms with Gasteiger partial charge in [-0.3, -0.25) is 10.1 Å². The van der Waals surface area contributed by atoms with Crippen LogP contribution in [0.1, 0.15) is 27.2 Å². The molecule has 0 saturated heterocycles. The molecule has 122 valence electrons. The van der Waals surface area contributed by atoms with Crippen LogP contribution in [0, 0.1) is 0 Å². The highest BCUT2D eigenvalue weighted by molar-refractivity contribution is 9.10. The minimum Gasteiger partial charge on any atom is -0.444 e. The van der Waals surface area contributed by atoms with Crippen molar-refractivity contribution >= 4 is 55.2 Å². The molecule has 2 N–H and O–H groups in total. The van der Waals surface area contributed by atoms with E-state index < -0.39 is 11.7 Å². The molecule has 7 heteroatoms. The van der Waals surface area contributed by atoms with Crippen LogP contribution in [-0.4, -0.2) is 27.8 Å². The predicted octanol–water partition coefficient (Wildman–Crippen LogP) is 4.52. The van der Waals surface area contributed by atoms with Gasteiger partial charge in [-0.05, 0) is 51.5 Å². The number of hydrogen-bond donors (Lipinski definition) is 2. The maximum Gasteiger partial charge on any atom is 0.412 e. The van der Waals surface area contributed by atoms with E-state index in [-0.39, 0.29) is 10.7 Å². The van der Waals surface area contributed by atoms with Crippen LogP contribution < -0.4 is 10.6 Å². The molecule has 5 nitrogen and oxygen atoms in total. The number of amides is 2. The van der Waals surface area contributed by atoms with E-state index in [0.717, 1.165) is 5.33 Å². The molecule has 0 aromatic heterocycles. The SMILES string of the molecule is CC(C)(C)OC(=O)Nc1ccc(NC(=O)C(Br)CCBr)cc1. The Morgan fingerprint density at radius 2 is 1.64 bits per heavy atom. The third-order valence-electron chi connectivity index (χ3n) is 2.44. The second-order valence-electron chi connectivity index (χ2n) is 5.64. The Kier molecular flexibility index (Phi) is 7.35. The van der Waals surface area contributed by atoms with Crippen molar-refractivity contribution in [1.82, 2.24) is 0 Å². The molecule has 0 bridgehead atoms. The van der Waals surface area contributed by atoms with E-state index in [1.807, 2.05) is 0 Å². The molecule has 22 heavy (non-hydrogen) atoms. The number of carbonyl (C=O) groups excluding carboxylic acids is 2. The van der Waals surface area contributed by atoms with Crippen LogP contribution in [0.4, 0.5) is 16.2 Å². The molecule has 0 aliphatic rings. The van der Waals surface area contributed by atoms with E-state index in [1.165, 1.54) is 0 Å². The standard InChI is InChI=1S/C15H20Br2N2O3/c1-15(2,3)22-14(21)19-11-6-4-10(5-7-11)18-13(20)12(17)8-9-16/h4-7,12H,8-9H2,1-3H3,(H,18,20)(H,19,21). The van der Waals surface area contributed by atoms with Gasteiger partial charge in [0.25, 0.3) is 0 Å². The Morgan fingerprint density at radius 1 is 1.14 bits per heavy atom. The first-order chi connectivity index (χ1) is 10.2.